The van der Waals surface area contributed by atoms with E-state index in [1.165, 1.54) is 0 Å². The Morgan fingerprint density at radius 2 is 1.33 bits per heavy atom. The first-order chi connectivity index (χ1) is 1.73. The molecule has 0 aliphatic rings. The topological polar surface area (TPSA) is 57.5 Å². The summed E-state index contributed by atoms with van der Waals surface area (Å²) in [6.45, 7) is 0. The van der Waals surface area contributed by atoms with Crippen molar-refractivity contribution in [1.82, 2.24) is 0 Å². The van der Waals surface area contributed by atoms with Gasteiger partial charge in [0, 0.05) is 56.7 Å². The van der Waals surface area contributed by atoms with Crippen LogP contribution in [-0.2, 0) is 21.1 Å². The van der Waals surface area contributed by atoms with Gasteiger partial charge < -0.3 is 10.2 Å². The Kier molecular flexibility index (Phi) is 24.8. The van der Waals surface area contributed by atoms with Crippen molar-refractivity contribution in [2.24, 2.45) is 0 Å². The molecule has 0 saturated carbocycles. The van der Waals surface area contributed by atoms with Gasteiger partial charge in [-0.1, -0.05) is 0 Å². The van der Waals surface area contributed by atoms with E-state index in [0.29, 0.717) is 0 Å². The molecule has 5 heteroatoms. The van der Waals surface area contributed by atoms with Gasteiger partial charge in [-0.25, -0.2) is 4.79 Å². The summed E-state index contributed by atoms with van der Waals surface area (Å²) in [7, 11) is 0. The molecule has 6 heavy (non-hydrogen) atoms. The predicted molar refractivity (Wildman–Crippen MR) is 10.7 cm³/mol. The largest absolute Gasteiger partial charge is 0.503 e. The van der Waals surface area contributed by atoms with Crippen molar-refractivity contribution in [1.29, 1.82) is 0 Å². The minimum absolute atomic E-state index is 0. The number of hydrogen-bond acceptors (Lipinski definition) is 1. The molecule has 0 bridgehead atoms. The van der Waals surface area contributed by atoms with Crippen molar-refractivity contribution in [3.05, 3.63) is 0 Å². The number of hydrogen-bond donors (Lipinski definition) is 2. The van der Waals surface area contributed by atoms with Crippen LogP contribution in [0.4, 0.5) is 4.79 Å². The Morgan fingerprint density at radius 3 is 1.33 bits per heavy atom. The summed E-state index contributed by atoms with van der Waals surface area (Å²) in [6.07, 6.45) is -1.83. The Labute approximate surface area is 77.0 Å². The molecule has 0 aliphatic carbocycles. The normalized spacial score (nSPS) is 4.00. The summed E-state index contributed by atoms with van der Waals surface area (Å²) < 4.78 is 0. The SMILES string of the molecule is O=C(O)O.[La].[Mo]. The summed E-state index contributed by atoms with van der Waals surface area (Å²) in [5, 5.41) is 13.9. The Balaban J connectivity index is -0.0000000450. The fourth-order valence-electron chi connectivity index (χ4n) is 0. The van der Waals surface area contributed by atoms with Crippen molar-refractivity contribution in [2.75, 3.05) is 0 Å². The van der Waals surface area contributed by atoms with Gasteiger partial charge >= 0.3 is 6.16 Å². The van der Waals surface area contributed by atoms with Crippen LogP contribution in [0.15, 0.2) is 0 Å². The summed E-state index contributed by atoms with van der Waals surface area (Å²) in [4.78, 5) is 8.56. The third-order valence-corrected chi connectivity index (χ3v) is 0. The second-order valence-corrected chi connectivity index (χ2v) is 0.283. The average Bonchev–Trinajstić information content (AvgIpc) is 0.811. The minimum atomic E-state index is -1.83. The molecule has 3 nitrogen and oxygen atoms in total. The van der Waals surface area contributed by atoms with Crippen LogP contribution < -0.4 is 0 Å². The molecular formula is CH2LaMoO3. The van der Waals surface area contributed by atoms with Gasteiger partial charge in [-0.05, 0) is 0 Å². The van der Waals surface area contributed by atoms with Gasteiger partial charge in [0.15, 0.2) is 0 Å². The van der Waals surface area contributed by atoms with Gasteiger partial charge in [0.05, 0.1) is 0 Å². The molecule has 0 aromatic heterocycles. The molecule has 0 heterocycles. The maximum atomic E-state index is 8.56. The maximum absolute atomic E-state index is 8.56. The number of carboxylic acid groups (broad SMARTS) is 2. The average molecular weight is 297 g/mol. The van der Waals surface area contributed by atoms with E-state index in [-0.39, 0.29) is 56.7 Å². The first-order valence-corrected chi connectivity index (χ1v) is 0.651. The fourth-order valence-corrected chi connectivity index (χ4v) is 0. The van der Waals surface area contributed by atoms with Crippen LogP contribution in [0.25, 0.3) is 0 Å². The van der Waals surface area contributed by atoms with Crippen LogP contribution in [0.3, 0.4) is 0 Å². The van der Waals surface area contributed by atoms with Crippen LogP contribution >= 0.6 is 0 Å². The zero-order chi connectivity index (χ0) is 3.58. The standard InChI is InChI=1S/CH2O3.La.Mo/c2-1(3)4;;/h(H2,2,3,4);;. The van der Waals surface area contributed by atoms with Crippen LogP contribution in [-0.4, -0.2) is 16.4 Å². The van der Waals surface area contributed by atoms with Gasteiger partial charge in [0.1, 0.15) is 0 Å². The van der Waals surface area contributed by atoms with Crippen molar-refractivity contribution in [3.63, 3.8) is 0 Å². The van der Waals surface area contributed by atoms with Gasteiger partial charge in [-0.3, -0.25) is 0 Å². The molecule has 33 valence electrons. The second-order valence-electron chi connectivity index (χ2n) is 0.283. The van der Waals surface area contributed by atoms with Crippen LogP contribution in [0.2, 0.25) is 0 Å². The third kappa shape index (κ3) is 66.8. The molecule has 0 saturated heterocycles. The van der Waals surface area contributed by atoms with E-state index >= 15 is 0 Å². The van der Waals surface area contributed by atoms with Gasteiger partial charge in [-0.15, -0.1) is 0 Å². The quantitative estimate of drug-likeness (QED) is 0.629. The van der Waals surface area contributed by atoms with Crippen LogP contribution in [0, 0.1) is 35.6 Å². The fraction of sp³-hybridized carbons (Fsp3) is 0. The molecule has 1 radical (unpaired) electrons. The smallest absolute Gasteiger partial charge is 0.450 e. The second kappa shape index (κ2) is 9.47. The van der Waals surface area contributed by atoms with Crippen molar-refractivity contribution in [2.45, 2.75) is 0 Å². The van der Waals surface area contributed by atoms with Gasteiger partial charge in [0.25, 0.3) is 0 Å². The van der Waals surface area contributed by atoms with Crippen molar-refractivity contribution >= 4 is 6.16 Å². The number of carbonyl (C=O) groups is 1. The first-order valence-electron chi connectivity index (χ1n) is 0.651. The maximum Gasteiger partial charge on any atom is 0.503 e. The molecule has 2 N–H and O–H groups in total. The zero-order valence-electron chi connectivity index (χ0n) is 2.79. The molecule has 0 rings (SSSR count). The van der Waals surface area contributed by atoms with E-state index in [4.69, 9.17) is 15.0 Å². The van der Waals surface area contributed by atoms with Crippen molar-refractivity contribution in [3.8, 4) is 0 Å². The molecule has 0 spiro atoms. The summed E-state index contributed by atoms with van der Waals surface area (Å²) >= 11 is 0. The first kappa shape index (κ1) is 15.7. The van der Waals surface area contributed by atoms with E-state index < -0.39 is 6.16 Å². The predicted octanol–water partition coefficient (Wildman–Crippen LogP) is 0.220. The monoisotopic (exact) mass is 299 g/mol. The summed E-state index contributed by atoms with van der Waals surface area (Å²) in [5.74, 6) is 0. The molecular weight excluding hydrogens is 295 g/mol. The third-order valence-electron chi connectivity index (χ3n) is 0. The zero-order valence-corrected chi connectivity index (χ0v) is 8.42. The molecule has 0 unspecified atom stereocenters. The molecule has 0 aromatic rings. The Morgan fingerprint density at radius 1 is 1.33 bits per heavy atom. The summed E-state index contributed by atoms with van der Waals surface area (Å²) in [6, 6.07) is 0. The summed E-state index contributed by atoms with van der Waals surface area (Å²) in [5.41, 5.74) is 0. The molecule has 0 amide bonds. The van der Waals surface area contributed by atoms with E-state index in [9.17, 15) is 0 Å². The van der Waals surface area contributed by atoms with Crippen LogP contribution in [0.5, 0.6) is 0 Å². The van der Waals surface area contributed by atoms with Gasteiger partial charge in [0.2, 0.25) is 0 Å². The minimum Gasteiger partial charge on any atom is -0.450 e. The van der Waals surface area contributed by atoms with Crippen molar-refractivity contribution < 1.29 is 71.7 Å². The van der Waals surface area contributed by atoms with E-state index in [1.54, 1.807) is 0 Å². The Hall–Kier alpha value is 1.15. The molecule has 0 fully saturated rings. The Bertz CT molecular complexity index is 33.8. The van der Waals surface area contributed by atoms with Crippen LogP contribution in [0.1, 0.15) is 0 Å². The molecule has 0 aromatic carbocycles. The van der Waals surface area contributed by atoms with E-state index in [2.05, 4.69) is 0 Å². The van der Waals surface area contributed by atoms with E-state index in [0.717, 1.165) is 0 Å². The molecule has 0 aliphatic heterocycles. The molecule has 0 atom stereocenters. The van der Waals surface area contributed by atoms with Gasteiger partial charge in [-0.2, -0.15) is 0 Å². The number of rotatable bonds is 0. The van der Waals surface area contributed by atoms with E-state index in [1.807, 2.05) is 0 Å².